The molecule has 0 bridgehead atoms. The Morgan fingerprint density at radius 2 is 1.85 bits per heavy atom. The van der Waals surface area contributed by atoms with Gasteiger partial charge in [0.25, 0.3) is 0 Å². The van der Waals surface area contributed by atoms with Crippen LogP contribution in [0.15, 0.2) is 24.3 Å². The summed E-state index contributed by atoms with van der Waals surface area (Å²) in [7, 11) is 0. The van der Waals surface area contributed by atoms with E-state index in [4.69, 9.17) is 0 Å². The summed E-state index contributed by atoms with van der Waals surface area (Å²) in [4.78, 5) is 2.39. The van der Waals surface area contributed by atoms with Gasteiger partial charge >= 0.3 is 0 Å². The summed E-state index contributed by atoms with van der Waals surface area (Å²) in [5.74, 6) is -0.252. The van der Waals surface area contributed by atoms with Crippen molar-refractivity contribution in [3.05, 3.63) is 35.6 Å². The van der Waals surface area contributed by atoms with Gasteiger partial charge < -0.3 is 4.90 Å². The van der Waals surface area contributed by atoms with Crippen molar-refractivity contribution in [1.29, 1.82) is 5.26 Å². The highest BCUT2D eigenvalue weighted by molar-refractivity contribution is 5.34. The molecular weight excluding hydrogens is 251 g/mol. The van der Waals surface area contributed by atoms with E-state index in [0.717, 1.165) is 19.6 Å². The van der Waals surface area contributed by atoms with Gasteiger partial charge in [0.15, 0.2) is 0 Å². The van der Waals surface area contributed by atoms with Crippen molar-refractivity contribution in [3.63, 3.8) is 0 Å². The van der Waals surface area contributed by atoms with Gasteiger partial charge in [-0.2, -0.15) is 5.26 Å². The van der Waals surface area contributed by atoms with E-state index in [9.17, 15) is 9.65 Å². The lowest BCUT2D eigenvalue weighted by Crippen LogP contribution is -2.45. The molecule has 1 aliphatic heterocycles. The highest BCUT2D eigenvalue weighted by Crippen LogP contribution is 2.36. The maximum absolute atomic E-state index is 14.0. The molecule has 0 aromatic heterocycles. The topological polar surface area (TPSA) is 27.0 Å². The molecule has 0 N–H and O–H groups in total. The van der Waals surface area contributed by atoms with Gasteiger partial charge in [-0.25, -0.2) is 4.39 Å². The summed E-state index contributed by atoms with van der Waals surface area (Å²) in [6, 6.07) is 9.11. The molecule has 2 nitrogen and oxygen atoms in total. The van der Waals surface area contributed by atoms with Crippen molar-refractivity contribution in [2.24, 2.45) is 5.41 Å². The van der Waals surface area contributed by atoms with Crippen LogP contribution in [0.1, 0.15) is 39.2 Å². The number of hydrogen-bond acceptors (Lipinski definition) is 2. The first kappa shape index (κ1) is 15.0. The van der Waals surface area contributed by atoms with Crippen LogP contribution < -0.4 is 0 Å². The van der Waals surface area contributed by atoms with Crippen molar-refractivity contribution >= 4 is 0 Å². The molecule has 0 spiro atoms. The van der Waals surface area contributed by atoms with E-state index >= 15 is 0 Å². The van der Waals surface area contributed by atoms with Gasteiger partial charge in [-0.3, -0.25) is 0 Å². The zero-order valence-corrected chi connectivity index (χ0v) is 12.6. The first-order valence-electron chi connectivity index (χ1n) is 7.25. The van der Waals surface area contributed by atoms with E-state index in [1.807, 2.05) is 6.07 Å². The smallest absolute Gasteiger partial charge is 0.128 e. The van der Waals surface area contributed by atoms with E-state index in [2.05, 4.69) is 31.7 Å². The Bertz CT molecular complexity index is 502. The second kappa shape index (κ2) is 5.54. The minimum absolute atomic E-state index is 0.252. The second-order valence-electron chi connectivity index (χ2n) is 7.01. The van der Waals surface area contributed by atoms with E-state index in [1.165, 1.54) is 6.07 Å². The zero-order valence-electron chi connectivity index (χ0n) is 12.6. The van der Waals surface area contributed by atoms with E-state index in [0.29, 0.717) is 18.4 Å². The highest BCUT2D eigenvalue weighted by Gasteiger charge is 2.38. The molecular formula is C17H23FN2. The number of halogens is 1. The van der Waals surface area contributed by atoms with Gasteiger partial charge in [0.05, 0.1) is 11.5 Å². The van der Waals surface area contributed by atoms with Crippen molar-refractivity contribution in [2.45, 2.75) is 39.0 Å². The van der Waals surface area contributed by atoms with Crippen LogP contribution in [-0.2, 0) is 5.41 Å². The van der Waals surface area contributed by atoms with Crippen molar-refractivity contribution in [2.75, 3.05) is 19.6 Å². The summed E-state index contributed by atoms with van der Waals surface area (Å²) < 4.78 is 14.0. The Morgan fingerprint density at radius 1 is 1.25 bits per heavy atom. The average molecular weight is 274 g/mol. The van der Waals surface area contributed by atoms with Crippen molar-refractivity contribution in [1.82, 2.24) is 4.90 Å². The predicted octanol–water partition coefficient (Wildman–Crippen LogP) is 3.73. The highest BCUT2D eigenvalue weighted by atomic mass is 19.1. The Kier molecular flexibility index (Phi) is 4.15. The van der Waals surface area contributed by atoms with Crippen molar-refractivity contribution < 1.29 is 4.39 Å². The molecule has 20 heavy (non-hydrogen) atoms. The number of rotatable bonds is 2. The number of nitrogens with zero attached hydrogens (tertiary/aromatic N) is 2. The molecule has 1 aromatic rings. The maximum atomic E-state index is 14.0. The quantitative estimate of drug-likeness (QED) is 0.821. The Balaban J connectivity index is 2.14. The number of likely N-dealkylation sites (tertiary alicyclic amines) is 1. The number of piperidine rings is 1. The lowest BCUT2D eigenvalue weighted by Gasteiger charge is -2.40. The molecule has 0 atom stereocenters. The molecule has 1 saturated heterocycles. The van der Waals surface area contributed by atoms with E-state index in [1.54, 1.807) is 12.1 Å². The number of benzene rings is 1. The maximum Gasteiger partial charge on any atom is 0.128 e. The van der Waals surface area contributed by atoms with Crippen molar-refractivity contribution in [3.8, 4) is 6.07 Å². The van der Waals surface area contributed by atoms with Crippen LogP contribution in [0.25, 0.3) is 0 Å². The van der Waals surface area contributed by atoms with Crippen LogP contribution in [0.5, 0.6) is 0 Å². The fourth-order valence-corrected chi connectivity index (χ4v) is 3.05. The molecule has 0 amide bonds. The lowest BCUT2D eigenvalue weighted by molar-refractivity contribution is 0.136. The molecule has 3 heteroatoms. The summed E-state index contributed by atoms with van der Waals surface area (Å²) >= 11 is 0. The SMILES string of the molecule is CC(C)(C)CN1CCC(C#N)(c2ccccc2F)CC1. The third-order valence-electron chi connectivity index (χ3n) is 4.01. The monoisotopic (exact) mass is 274 g/mol. The van der Waals surface area contributed by atoms with Crippen LogP contribution in [0, 0.1) is 22.6 Å². The molecule has 0 radical (unpaired) electrons. The summed E-state index contributed by atoms with van der Waals surface area (Å²) in [5, 5.41) is 9.60. The van der Waals surface area contributed by atoms with Gasteiger partial charge in [-0.15, -0.1) is 0 Å². The van der Waals surface area contributed by atoms with Crippen LogP contribution >= 0.6 is 0 Å². The van der Waals surface area contributed by atoms with Gasteiger partial charge in [0.1, 0.15) is 5.82 Å². The third kappa shape index (κ3) is 3.19. The standard InChI is InChI=1S/C17H23FN2/c1-16(2,3)13-20-10-8-17(12-19,9-11-20)14-6-4-5-7-15(14)18/h4-7H,8-11,13H2,1-3H3. The normalized spacial score (nSPS) is 19.6. The van der Waals surface area contributed by atoms with Crippen LogP contribution in [0.3, 0.4) is 0 Å². The Morgan fingerprint density at radius 3 is 2.35 bits per heavy atom. The second-order valence-corrected chi connectivity index (χ2v) is 7.01. The van der Waals surface area contributed by atoms with E-state index < -0.39 is 5.41 Å². The summed E-state index contributed by atoms with van der Waals surface area (Å²) in [5.41, 5.74) is 0.169. The molecule has 0 aliphatic carbocycles. The Labute approximate surface area is 121 Å². The zero-order chi connectivity index (χ0) is 14.8. The Hall–Kier alpha value is -1.40. The molecule has 1 fully saturated rings. The fourth-order valence-electron chi connectivity index (χ4n) is 3.05. The minimum atomic E-state index is -0.653. The molecule has 108 valence electrons. The van der Waals surface area contributed by atoms with Gasteiger partial charge in [0, 0.05) is 25.2 Å². The fraction of sp³-hybridized carbons (Fsp3) is 0.588. The van der Waals surface area contributed by atoms with Gasteiger partial charge in [-0.1, -0.05) is 39.0 Å². The van der Waals surface area contributed by atoms with Crippen LogP contribution in [0.4, 0.5) is 4.39 Å². The largest absolute Gasteiger partial charge is 0.303 e. The molecule has 1 aromatic carbocycles. The third-order valence-corrected chi connectivity index (χ3v) is 4.01. The molecule has 1 aliphatic rings. The number of hydrogen-bond donors (Lipinski definition) is 0. The first-order valence-corrected chi connectivity index (χ1v) is 7.25. The lowest BCUT2D eigenvalue weighted by atomic mass is 9.73. The first-order chi connectivity index (χ1) is 9.36. The van der Waals surface area contributed by atoms with Gasteiger partial charge in [0.2, 0.25) is 0 Å². The summed E-state index contributed by atoms with van der Waals surface area (Å²) in [6.07, 6.45) is 1.42. The minimum Gasteiger partial charge on any atom is -0.303 e. The average Bonchev–Trinajstić information content (AvgIpc) is 2.39. The van der Waals surface area contributed by atoms with E-state index in [-0.39, 0.29) is 11.2 Å². The molecule has 0 unspecified atom stereocenters. The van der Waals surface area contributed by atoms with Crippen LogP contribution in [0.2, 0.25) is 0 Å². The number of nitriles is 1. The predicted molar refractivity (Wildman–Crippen MR) is 78.8 cm³/mol. The van der Waals surface area contributed by atoms with Crippen LogP contribution in [-0.4, -0.2) is 24.5 Å². The summed E-state index contributed by atoms with van der Waals surface area (Å²) in [6.45, 7) is 9.39. The molecule has 1 heterocycles. The van der Waals surface area contributed by atoms with Gasteiger partial charge in [-0.05, 0) is 24.3 Å². The molecule has 0 saturated carbocycles. The molecule has 2 rings (SSSR count).